The Labute approximate surface area is 172 Å². The molecule has 0 saturated heterocycles. The minimum Gasteiger partial charge on any atom is -0.493 e. The molecule has 150 valence electrons. The molecule has 0 saturated carbocycles. The minimum absolute atomic E-state index is 0.230. The molecular weight excluding hydrogens is 390 g/mol. The zero-order valence-corrected chi connectivity index (χ0v) is 17.2. The number of anilines is 1. The number of fused-ring (bicyclic) bond motifs is 1. The summed E-state index contributed by atoms with van der Waals surface area (Å²) in [6.07, 6.45) is 1.60. The van der Waals surface area contributed by atoms with E-state index in [9.17, 15) is 9.59 Å². The van der Waals surface area contributed by atoms with Crippen LogP contribution in [-0.2, 0) is 6.54 Å². The van der Waals surface area contributed by atoms with Crippen LogP contribution in [0.5, 0.6) is 11.5 Å². The van der Waals surface area contributed by atoms with Crippen molar-refractivity contribution in [1.82, 2.24) is 9.55 Å². The molecule has 1 aromatic heterocycles. The lowest BCUT2D eigenvalue weighted by atomic mass is 10.1. The van der Waals surface area contributed by atoms with E-state index in [2.05, 4.69) is 16.9 Å². The maximum absolute atomic E-state index is 12.8. The lowest BCUT2D eigenvalue weighted by Crippen LogP contribution is -2.22. The summed E-state index contributed by atoms with van der Waals surface area (Å²) in [4.78, 5) is 28.4. The molecule has 0 radical (unpaired) electrons. The third-order valence-corrected chi connectivity index (χ3v) is 4.86. The van der Waals surface area contributed by atoms with Crippen LogP contribution in [0.25, 0.3) is 10.9 Å². The van der Waals surface area contributed by atoms with Crippen LogP contribution in [0.4, 0.5) is 5.69 Å². The minimum atomic E-state index is -0.322. The standard InChI is InChI=1S/C21H21N3O4S/c1-5-8-24-20(26)14-7-6-13(10-16(14)23-21(24)29)19(25)22-15-11-18(28-4)17(27-3)9-12(15)2/h5-7,9-11H,1,8H2,2-4H3,(H,22,25)(H,23,29). The van der Waals surface area contributed by atoms with Gasteiger partial charge in [0, 0.05) is 23.9 Å². The first-order chi connectivity index (χ1) is 13.9. The lowest BCUT2D eigenvalue weighted by molar-refractivity contribution is 0.102. The molecule has 0 aliphatic rings. The van der Waals surface area contributed by atoms with Gasteiger partial charge in [-0.15, -0.1) is 6.58 Å². The van der Waals surface area contributed by atoms with Crippen LogP contribution >= 0.6 is 12.2 Å². The van der Waals surface area contributed by atoms with Gasteiger partial charge in [0.25, 0.3) is 11.5 Å². The van der Waals surface area contributed by atoms with Crippen LogP contribution in [0.2, 0.25) is 0 Å². The van der Waals surface area contributed by atoms with Gasteiger partial charge in [0.15, 0.2) is 16.3 Å². The molecule has 0 aliphatic carbocycles. The summed E-state index contributed by atoms with van der Waals surface area (Å²) < 4.78 is 12.3. The van der Waals surface area contributed by atoms with E-state index in [-0.39, 0.29) is 16.2 Å². The predicted octanol–water partition coefficient (Wildman–Crippen LogP) is 3.82. The number of rotatable bonds is 6. The number of aryl methyl sites for hydroxylation is 1. The van der Waals surface area contributed by atoms with Gasteiger partial charge in [-0.1, -0.05) is 6.08 Å². The number of carbonyl (C=O) groups is 1. The molecule has 3 aromatic rings. The second-order valence-electron chi connectivity index (χ2n) is 6.37. The Morgan fingerprint density at radius 3 is 2.59 bits per heavy atom. The van der Waals surface area contributed by atoms with Gasteiger partial charge in [0.05, 0.1) is 25.1 Å². The summed E-state index contributed by atoms with van der Waals surface area (Å²) in [6, 6.07) is 8.31. The molecule has 2 N–H and O–H groups in total. The van der Waals surface area contributed by atoms with Crippen molar-refractivity contribution in [2.45, 2.75) is 13.5 Å². The Hall–Kier alpha value is -3.39. The number of benzene rings is 2. The Morgan fingerprint density at radius 1 is 1.24 bits per heavy atom. The van der Waals surface area contributed by atoms with E-state index in [4.69, 9.17) is 21.7 Å². The van der Waals surface area contributed by atoms with E-state index in [1.165, 1.54) is 11.7 Å². The maximum atomic E-state index is 12.8. The van der Waals surface area contributed by atoms with Crippen molar-refractivity contribution in [2.24, 2.45) is 0 Å². The molecule has 0 aliphatic heterocycles. The molecule has 1 heterocycles. The fourth-order valence-electron chi connectivity index (χ4n) is 3.00. The lowest BCUT2D eigenvalue weighted by Gasteiger charge is -2.14. The monoisotopic (exact) mass is 411 g/mol. The maximum Gasteiger partial charge on any atom is 0.262 e. The smallest absolute Gasteiger partial charge is 0.262 e. The molecule has 2 aromatic carbocycles. The number of allylic oxidation sites excluding steroid dienone is 1. The van der Waals surface area contributed by atoms with Crippen molar-refractivity contribution < 1.29 is 14.3 Å². The summed E-state index contributed by atoms with van der Waals surface area (Å²) >= 11 is 5.25. The fourth-order valence-corrected chi connectivity index (χ4v) is 3.27. The molecule has 0 fully saturated rings. The highest BCUT2D eigenvalue weighted by atomic mass is 32.1. The van der Waals surface area contributed by atoms with Gasteiger partial charge in [0.2, 0.25) is 0 Å². The second-order valence-corrected chi connectivity index (χ2v) is 6.76. The Morgan fingerprint density at radius 2 is 1.93 bits per heavy atom. The quantitative estimate of drug-likeness (QED) is 0.476. The number of nitrogens with zero attached hydrogens (tertiary/aromatic N) is 1. The number of amides is 1. The number of ether oxygens (including phenoxy) is 2. The number of hydrogen-bond acceptors (Lipinski definition) is 5. The van der Waals surface area contributed by atoms with Gasteiger partial charge in [-0.05, 0) is 49.0 Å². The van der Waals surface area contributed by atoms with Gasteiger partial charge >= 0.3 is 0 Å². The van der Waals surface area contributed by atoms with Gasteiger partial charge in [-0.2, -0.15) is 0 Å². The van der Waals surface area contributed by atoms with Crippen LogP contribution in [0.1, 0.15) is 15.9 Å². The molecular formula is C21H21N3O4S. The van der Waals surface area contributed by atoms with Gasteiger partial charge in [-0.3, -0.25) is 14.2 Å². The van der Waals surface area contributed by atoms with E-state index in [0.717, 1.165) is 5.56 Å². The van der Waals surface area contributed by atoms with Crippen molar-refractivity contribution in [3.63, 3.8) is 0 Å². The summed E-state index contributed by atoms with van der Waals surface area (Å²) in [6.45, 7) is 5.80. The molecule has 0 unspecified atom stereocenters. The highest BCUT2D eigenvalue weighted by Gasteiger charge is 2.14. The van der Waals surface area contributed by atoms with E-state index in [0.29, 0.717) is 40.2 Å². The summed E-state index contributed by atoms with van der Waals surface area (Å²) in [5.41, 5.74) is 2.08. The highest BCUT2D eigenvalue weighted by molar-refractivity contribution is 7.71. The highest BCUT2D eigenvalue weighted by Crippen LogP contribution is 2.33. The zero-order chi connectivity index (χ0) is 21.1. The largest absolute Gasteiger partial charge is 0.493 e. The molecule has 8 heteroatoms. The van der Waals surface area contributed by atoms with Crippen LogP contribution in [0.15, 0.2) is 47.8 Å². The zero-order valence-electron chi connectivity index (χ0n) is 16.4. The second kappa shape index (κ2) is 8.32. The third-order valence-electron chi connectivity index (χ3n) is 4.53. The number of carbonyl (C=O) groups excluding carboxylic acids is 1. The Kier molecular flexibility index (Phi) is 5.84. The number of aromatic nitrogens is 2. The normalized spacial score (nSPS) is 10.6. The van der Waals surface area contributed by atoms with Crippen molar-refractivity contribution >= 4 is 34.7 Å². The average molecular weight is 411 g/mol. The number of aromatic amines is 1. The van der Waals surface area contributed by atoms with Crippen molar-refractivity contribution in [1.29, 1.82) is 0 Å². The molecule has 3 rings (SSSR count). The molecule has 0 atom stereocenters. The molecule has 1 amide bonds. The van der Waals surface area contributed by atoms with Crippen LogP contribution in [0, 0.1) is 11.7 Å². The van der Waals surface area contributed by atoms with Crippen molar-refractivity contribution in [2.75, 3.05) is 19.5 Å². The van der Waals surface area contributed by atoms with Gasteiger partial charge in [0.1, 0.15) is 0 Å². The number of methoxy groups -OCH3 is 2. The van der Waals surface area contributed by atoms with Crippen molar-refractivity contribution in [3.8, 4) is 11.5 Å². The first kappa shape index (κ1) is 20.3. The van der Waals surface area contributed by atoms with E-state index in [1.807, 2.05) is 6.92 Å². The summed E-state index contributed by atoms with van der Waals surface area (Å²) in [5.74, 6) is 0.771. The Balaban J connectivity index is 1.98. The molecule has 0 bridgehead atoms. The van der Waals surface area contributed by atoms with Crippen LogP contribution in [-0.4, -0.2) is 29.7 Å². The molecule has 0 spiro atoms. The predicted molar refractivity (Wildman–Crippen MR) is 116 cm³/mol. The first-order valence-electron chi connectivity index (χ1n) is 8.81. The van der Waals surface area contributed by atoms with Crippen LogP contribution in [0.3, 0.4) is 0 Å². The van der Waals surface area contributed by atoms with Crippen LogP contribution < -0.4 is 20.3 Å². The van der Waals surface area contributed by atoms with Crippen molar-refractivity contribution in [3.05, 3.63) is 69.2 Å². The first-order valence-corrected chi connectivity index (χ1v) is 9.22. The van der Waals surface area contributed by atoms with Gasteiger partial charge in [-0.25, -0.2) is 0 Å². The van der Waals surface area contributed by atoms with Gasteiger partial charge < -0.3 is 19.8 Å². The Bertz CT molecular complexity index is 1230. The van der Waals surface area contributed by atoms with E-state index in [1.54, 1.807) is 43.5 Å². The SMILES string of the molecule is C=CCn1c(=S)[nH]c2cc(C(=O)Nc3cc(OC)c(OC)cc3C)ccc2c1=O. The average Bonchev–Trinajstić information content (AvgIpc) is 2.71. The number of hydrogen-bond donors (Lipinski definition) is 2. The topological polar surface area (TPSA) is 85.3 Å². The third kappa shape index (κ3) is 3.93. The summed E-state index contributed by atoms with van der Waals surface area (Å²) in [7, 11) is 3.08. The number of nitrogens with one attached hydrogen (secondary N) is 2. The molecule has 7 nitrogen and oxygen atoms in total. The molecule has 29 heavy (non-hydrogen) atoms. The van der Waals surface area contributed by atoms with E-state index >= 15 is 0 Å². The fraction of sp³-hybridized carbons (Fsp3) is 0.190. The summed E-state index contributed by atoms with van der Waals surface area (Å²) in [5, 5.41) is 3.31. The van der Waals surface area contributed by atoms with E-state index < -0.39 is 0 Å². The number of H-pyrrole nitrogens is 1.